The van der Waals surface area contributed by atoms with Crippen LogP contribution in [0, 0.1) is 0 Å². The molecule has 2 amide bonds. The van der Waals surface area contributed by atoms with E-state index in [0.717, 1.165) is 70.1 Å². The van der Waals surface area contributed by atoms with Crippen LogP contribution in [0.3, 0.4) is 0 Å². The summed E-state index contributed by atoms with van der Waals surface area (Å²) in [5.41, 5.74) is 4.24. The van der Waals surface area contributed by atoms with E-state index >= 15 is 0 Å². The van der Waals surface area contributed by atoms with Crippen molar-refractivity contribution in [3.05, 3.63) is 83.0 Å². The van der Waals surface area contributed by atoms with Gasteiger partial charge in [-0.15, -0.1) is 0 Å². The maximum atomic E-state index is 12.2. The van der Waals surface area contributed by atoms with Gasteiger partial charge in [-0.3, -0.25) is 4.79 Å². The van der Waals surface area contributed by atoms with Crippen molar-refractivity contribution in [2.45, 2.75) is 39.0 Å². The van der Waals surface area contributed by atoms with Gasteiger partial charge in [0, 0.05) is 30.9 Å². The van der Waals surface area contributed by atoms with E-state index in [1.165, 1.54) is 6.92 Å². The minimum absolute atomic E-state index is 0.0319. The first-order valence-corrected chi connectivity index (χ1v) is 14.1. The van der Waals surface area contributed by atoms with Crippen LogP contribution in [0.25, 0.3) is 22.0 Å². The molecule has 0 radical (unpaired) electrons. The number of carbonyl (C=O) groups is 2. The molecule has 0 aliphatic carbocycles. The molecule has 0 saturated heterocycles. The Balaban J connectivity index is 1.12. The van der Waals surface area contributed by atoms with Crippen molar-refractivity contribution in [2.75, 3.05) is 19.7 Å². The third-order valence-corrected chi connectivity index (χ3v) is 7.01. The van der Waals surface area contributed by atoms with Gasteiger partial charge in [0.2, 0.25) is 5.91 Å². The highest BCUT2D eigenvalue weighted by atomic mass is 79.9. The first-order chi connectivity index (χ1) is 19.0. The molecule has 0 bridgehead atoms. The van der Waals surface area contributed by atoms with Crippen molar-refractivity contribution in [3.63, 3.8) is 0 Å². The van der Waals surface area contributed by atoms with E-state index in [-0.39, 0.29) is 5.91 Å². The van der Waals surface area contributed by atoms with Crippen LogP contribution in [0.1, 0.15) is 38.2 Å². The number of aromatic amines is 1. The third-order valence-electron chi connectivity index (χ3n) is 6.34. The van der Waals surface area contributed by atoms with Gasteiger partial charge in [-0.25, -0.2) is 4.79 Å². The average molecular weight is 593 g/mol. The standard InChI is InChI=1S/C31H34BrN3O4/c1-22(36)33-18-16-27-28-21-25(14-15-29(28)35-30(27)32)38-19-8-3-2-7-17-34-31(37)39-26-13-9-12-24(20-26)23-10-5-4-6-11-23/h4-6,9-15,20-21,35H,2-3,7-8,16-19H2,1H3,(H,33,36)(H,34,37). The molecule has 4 rings (SSSR count). The smallest absolute Gasteiger partial charge is 0.412 e. The average Bonchev–Trinajstić information content (AvgIpc) is 3.24. The number of aromatic nitrogens is 1. The molecule has 0 spiro atoms. The van der Waals surface area contributed by atoms with Crippen LogP contribution in [0.4, 0.5) is 4.79 Å². The van der Waals surface area contributed by atoms with E-state index in [2.05, 4.69) is 31.5 Å². The van der Waals surface area contributed by atoms with Crippen molar-refractivity contribution < 1.29 is 19.1 Å². The molecule has 204 valence electrons. The Morgan fingerprint density at radius 1 is 0.821 bits per heavy atom. The van der Waals surface area contributed by atoms with E-state index in [0.29, 0.717) is 25.4 Å². The second-order valence-electron chi connectivity index (χ2n) is 9.33. The highest BCUT2D eigenvalue weighted by Gasteiger charge is 2.11. The van der Waals surface area contributed by atoms with Crippen molar-refractivity contribution in [1.29, 1.82) is 0 Å². The third kappa shape index (κ3) is 8.61. The van der Waals surface area contributed by atoms with Gasteiger partial charge in [0.15, 0.2) is 0 Å². The number of H-pyrrole nitrogens is 1. The molecular formula is C31H34BrN3O4. The fourth-order valence-corrected chi connectivity index (χ4v) is 4.99. The van der Waals surface area contributed by atoms with E-state index in [1.54, 1.807) is 6.07 Å². The Morgan fingerprint density at radius 3 is 2.44 bits per heavy atom. The minimum Gasteiger partial charge on any atom is -0.494 e. The molecule has 0 aliphatic rings. The number of halogens is 1. The number of fused-ring (bicyclic) bond motifs is 1. The summed E-state index contributed by atoms with van der Waals surface area (Å²) in [7, 11) is 0. The van der Waals surface area contributed by atoms with Gasteiger partial charge >= 0.3 is 6.09 Å². The van der Waals surface area contributed by atoms with Gasteiger partial charge in [-0.05, 0) is 82.2 Å². The number of benzene rings is 3. The Labute approximate surface area is 237 Å². The Kier molecular flexibility index (Phi) is 10.4. The van der Waals surface area contributed by atoms with Crippen LogP contribution in [-0.4, -0.2) is 36.7 Å². The quantitative estimate of drug-likeness (QED) is 0.146. The van der Waals surface area contributed by atoms with E-state index in [9.17, 15) is 9.59 Å². The minimum atomic E-state index is -0.438. The topological polar surface area (TPSA) is 92.5 Å². The molecule has 0 unspecified atom stereocenters. The number of hydrogen-bond donors (Lipinski definition) is 3. The van der Waals surface area contributed by atoms with Crippen LogP contribution in [0.15, 0.2) is 77.4 Å². The molecular weight excluding hydrogens is 558 g/mol. The molecule has 3 N–H and O–H groups in total. The summed E-state index contributed by atoms with van der Waals surface area (Å²) in [6.07, 6.45) is 4.10. The molecule has 8 heteroatoms. The van der Waals surface area contributed by atoms with Crippen LogP contribution in [0.5, 0.6) is 11.5 Å². The van der Waals surface area contributed by atoms with Crippen molar-refractivity contribution in [2.24, 2.45) is 0 Å². The lowest BCUT2D eigenvalue weighted by Gasteiger charge is -2.09. The van der Waals surface area contributed by atoms with Gasteiger partial charge in [0.1, 0.15) is 11.5 Å². The Morgan fingerprint density at radius 2 is 1.62 bits per heavy atom. The predicted octanol–water partition coefficient (Wildman–Crippen LogP) is 7.00. The van der Waals surface area contributed by atoms with Crippen LogP contribution in [-0.2, 0) is 11.2 Å². The monoisotopic (exact) mass is 591 g/mol. The van der Waals surface area contributed by atoms with E-state index in [4.69, 9.17) is 9.47 Å². The maximum Gasteiger partial charge on any atom is 0.412 e. The molecule has 1 aromatic heterocycles. The highest BCUT2D eigenvalue weighted by molar-refractivity contribution is 9.10. The predicted molar refractivity (Wildman–Crippen MR) is 158 cm³/mol. The summed E-state index contributed by atoms with van der Waals surface area (Å²) >= 11 is 3.59. The molecule has 0 aliphatic heterocycles. The molecule has 7 nitrogen and oxygen atoms in total. The fraction of sp³-hybridized carbons (Fsp3) is 0.290. The summed E-state index contributed by atoms with van der Waals surface area (Å²) < 4.78 is 12.4. The SMILES string of the molecule is CC(=O)NCCc1c(Br)[nH]c2ccc(OCCCCCCNC(=O)Oc3cccc(-c4ccccc4)c3)cc12. The van der Waals surface area contributed by atoms with Gasteiger partial charge in [-0.2, -0.15) is 0 Å². The summed E-state index contributed by atoms with van der Waals surface area (Å²) in [5.74, 6) is 1.32. The number of nitrogens with one attached hydrogen (secondary N) is 3. The Bertz CT molecular complexity index is 1390. The number of unbranched alkanes of at least 4 members (excludes halogenated alkanes) is 3. The van der Waals surface area contributed by atoms with Crippen LogP contribution >= 0.6 is 15.9 Å². The number of rotatable bonds is 13. The van der Waals surface area contributed by atoms with Gasteiger partial charge in [0.05, 0.1) is 11.2 Å². The molecule has 3 aromatic carbocycles. The fourth-order valence-electron chi connectivity index (χ4n) is 4.37. The summed E-state index contributed by atoms with van der Waals surface area (Å²) in [5, 5.41) is 6.76. The largest absolute Gasteiger partial charge is 0.494 e. The van der Waals surface area contributed by atoms with Crippen molar-refractivity contribution >= 4 is 38.8 Å². The van der Waals surface area contributed by atoms with Gasteiger partial charge in [0.25, 0.3) is 0 Å². The van der Waals surface area contributed by atoms with Gasteiger partial charge < -0.3 is 25.1 Å². The number of ether oxygens (including phenoxy) is 2. The molecule has 0 atom stereocenters. The first kappa shape index (κ1) is 28.2. The maximum absolute atomic E-state index is 12.2. The van der Waals surface area contributed by atoms with Crippen molar-refractivity contribution in [1.82, 2.24) is 15.6 Å². The second kappa shape index (κ2) is 14.4. The van der Waals surface area contributed by atoms with Gasteiger partial charge in [-0.1, -0.05) is 55.3 Å². The summed E-state index contributed by atoms with van der Waals surface area (Å²) in [6.45, 7) is 3.30. The lowest BCUT2D eigenvalue weighted by Crippen LogP contribution is -2.27. The Hall–Kier alpha value is -3.78. The molecule has 39 heavy (non-hydrogen) atoms. The molecule has 0 fully saturated rings. The summed E-state index contributed by atoms with van der Waals surface area (Å²) in [4.78, 5) is 26.7. The van der Waals surface area contributed by atoms with E-state index in [1.807, 2.05) is 66.7 Å². The van der Waals surface area contributed by atoms with E-state index < -0.39 is 6.09 Å². The summed E-state index contributed by atoms with van der Waals surface area (Å²) in [6, 6.07) is 23.6. The molecule has 1 heterocycles. The van der Waals surface area contributed by atoms with Crippen molar-refractivity contribution in [3.8, 4) is 22.6 Å². The zero-order chi connectivity index (χ0) is 27.5. The van der Waals surface area contributed by atoms with Crippen LogP contribution in [0.2, 0.25) is 0 Å². The molecule has 4 aromatic rings. The highest BCUT2D eigenvalue weighted by Crippen LogP contribution is 2.30. The lowest BCUT2D eigenvalue weighted by molar-refractivity contribution is -0.118. The van der Waals surface area contributed by atoms with Crippen LogP contribution < -0.4 is 20.1 Å². The molecule has 0 saturated carbocycles. The normalized spacial score (nSPS) is 10.8. The first-order valence-electron chi connectivity index (χ1n) is 13.3. The number of carbonyl (C=O) groups excluding carboxylic acids is 2. The lowest BCUT2D eigenvalue weighted by atomic mass is 10.1. The number of amides is 2. The zero-order valence-electron chi connectivity index (χ0n) is 22.1. The number of hydrogen-bond acceptors (Lipinski definition) is 4. The second-order valence-corrected chi connectivity index (χ2v) is 10.1. The zero-order valence-corrected chi connectivity index (χ0v) is 23.7.